The van der Waals surface area contributed by atoms with Crippen LogP contribution in [0.4, 0.5) is 5.69 Å². The van der Waals surface area contributed by atoms with Gasteiger partial charge in [0.2, 0.25) is 10.0 Å². The van der Waals surface area contributed by atoms with Crippen LogP contribution in [0.1, 0.15) is 15.9 Å². The Morgan fingerprint density at radius 1 is 1.04 bits per heavy atom. The van der Waals surface area contributed by atoms with Crippen molar-refractivity contribution in [3.05, 3.63) is 59.7 Å². The highest BCUT2D eigenvalue weighted by Crippen LogP contribution is 2.15. The van der Waals surface area contributed by atoms with Gasteiger partial charge in [0.1, 0.15) is 0 Å². The van der Waals surface area contributed by atoms with Crippen LogP contribution in [0.2, 0.25) is 0 Å². The zero-order valence-corrected chi connectivity index (χ0v) is 13.7. The van der Waals surface area contributed by atoms with E-state index < -0.39 is 10.0 Å². The first-order valence-corrected chi connectivity index (χ1v) is 8.37. The zero-order chi connectivity index (χ0) is 16.9. The summed E-state index contributed by atoms with van der Waals surface area (Å²) in [7, 11) is -0.525. The highest BCUT2D eigenvalue weighted by molar-refractivity contribution is 7.89. The number of anilines is 1. The SMILES string of the molecule is CNS(=O)(=O)c1ccc(NC(=O)c2ccc(COC)cc2)cc1. The fourth-order valence-corrected chi connectivity index (χ4v) is 2.69. The van der Waals surface area contributed by atoms with E-state index in [-0.39, 0.29) is 10.8 Å². The van der Waals surface area contributed by atoms with Gasteiger partial charge in [-0.05, 0) is 49.0 Å². The number of ether oxygens (including phenoxy) is 1. The van der Waals surface area contributed by atoms with Crippen molar-refractivity contribution in [3.63, 3.8) is 0 Å². The molecule has 0 unspecified atom stereocenters. The molecule has 0 bridgehead atoms. The Kier molecular flexibility index (Phi) is 5.49. The average Bonchev–Trinajstić information content (AvgIpc) is 2.56. The Morgan fingerprint density at radius 3 is 2.17 bits per heavy atom. The van der Waals surface area contributed by atoms with Crippen molar-refractivity contribution in [1.82, 2.24) is 4.72 Å². The Balaban J connectivity index is 2.08. The molecule has 0 fully saturated rings. The van der Waals surface area contributed by atoms with Gasteiger partial charge in [-0.15, -0.1) is 0 Å². The van der Waals surface area contributed by atoms with Crippen LogP contribution in [0.3, 0.4) is 0 Å². The minimum absolute atomic E-state index is 0.141. The van der Waals surface area contributed by atoms with Crippen molar-refractivity contribution in [2.24, 2.45) is 0 Å². The molecule has 0 aliphatic rings. The van der Waals surface area contributed by atoms with Crippen LogP contribution < -0.4 is 10.0 Å². The molecule has 0 radical (unpaired) electrons. The highest BCUT2D eigenvalue weighted by Gasteiger charge is 2.11. The number of carbonyl (C=O) groups excluding carboxylic acids is 1. The molecule has 0 heterocycles. The number of hydrogen-bond donors (Lipinski definition) is 2. The van der Waals surface area contributed by atoms with E-state index in [1.807, 2.05) is 12.1 Å². The summed E-state index contributed by atoms with van der Waals surface area (Å²) in [6, 6.07) is 13.0. The van der Waals surface area contributed by atoms with Crippen LogP contribution in [-0.2, 0) is 21.4 Å². The van der Waals surface area contributed by atoms with E-state index in [2.05, 4.69) is 10.0 Å². The number of hydrogen-bond acceptors (Lipinski definition) is 4. The number of nitrogens with one attached hydrogen (secondary N) is 2. The van der Waals surface area contributed by atoms with Gasteiger partial charge in [0.05, 0.1) is 11.5 Å². The smallest absolute Gasteiger partial charge is 0.255 e. The lowest BCUT2D eigenvalue weighted by Crippen LogP contribution is -2.18. The molecular formula is C16H18N2O4S. The summed E-state index contributed by atoms with van der Waals surface area (Å²) in [6.45, 7) is 0.489. The van der Waals surface area contributed by atoms with E-state index >= 15 is 0 Å². The third-order valence-electron chi connectivity index (χ3n) is 3.22. The molecule has 0 saturated heterocycles. The monoisotopic (exact) mass is 334 g/mol. The minimum Gasteiger partial charge on any atom is -0.380 e. The molecule has 2 aromatic rings. The summed E-state index contributed by atoms with van der Waals surface area (Å²) in [6.07, 6.45) is 0. The highest BCUT2D eigenvalue weighted by atomic mass is 32.2. The largest absolute Gasteiger partial charge is 0.380 e. The summed E-state index contributed by atoms with van der Waals surface area (Å²) in [4.78, 5) is 12.3. The number of rotatable bonds is 6. The van der Waals surface area contributed by atoms with Crippen LogP contribution in [0.15, 0.2) is 53.4 Å². The molecule has 2 rings (SSSR count). The molecule has 1 amide bonds. The standard InChI is InChI=1S/C16H18N2O4S/c1-17-23(20,21)15-9-7-14(8-10-15)18-16(19)13-5-3-12(4-6-13)11-22-2/h3-10,17H,11H2,1-2H3,(H,18,19). The van der Waals surface area contributed by atoms with Crippen molar-refractivity contribution in [2.75, 3.05) is 19.5 Å². The topological polar surface area (TPSA) is 84.5 Å². The number of methoxy groups -OCH3 is 1. The quantitative estimate of drug-likeness (QED) is 0.846. The molecule has 0 atom stereocenters. The first-order valence-electron chi connectivity index (χ1n) is 6.89. The molecule has 122 valence electrons. The summed E-state index contributed by atoms with van der Waals surface area (Å²) in [5.74, 6) is -0.266. The Labute approximate surface area is 135 Å². The van der Waals surface area contributed by atoms with E-state index in [4.69, 9.17) is 4.74 Å². The molecule has 7 heteroatoms. The fourth-order valence-electron chi connectivity index (χ4n) is 1.96. The van der Waals surface area contributed by atoms with E-state index in [0.717, 1.165) is 5.56 Å². The van der Waals surface area contributed by atoms with Gasteiger partial charge in [0.25, 0.3) is 5.91 Å². The van der Waals surface area contributed by atoms with Crippen molar-refractivity contribution in [2.45, 2.75) is 11.5 Å². The molecule has 2 aromatic carbocycles. The van der Waals surface area contributed by atoms with Gasteiger partial charge in [-0.2, -0.15) is 0 Å². The van der Waals surface area contributed by atoms with Gasteiger partial charge in [-0.3, -0.25) is 4.79 Å². The van der Waals surface area contributed by atoms with Gasteiger partial charge in [0.15, 0.2) is 0 Å². The maximum Gasteiger partial charge on any atom is 0.255 e. The van der Waals surface area contributed by atoms with Gasteiger partial charge in [0, 0.05) is 18.4 Å². The maximum absolute atomic E-state index is 12.1. The lowest BCUT2D eigenvalue weighted by Gasteiger charge is -2.07. The Bertz CT molecular complexity index is 769. The molecule has 0 aliphatic carbocycles. The second kappa shape index (κ2) is 7.36. The first-order chi connectivity index (χ1) is 11.0. The molecule has 6 nitrogen and oxygen atoms in total. The molecule has 2 N–H and O–H groups in total. The van der Waals surface area contributed by atoms with Crippen LogP contribution in [0.5, 0.6) is 0 Å². The number of benzene rings is 2. The van der Waals surface area contributed by atoms with Gasteiger partial charge in [-0.1, -0.05) is 12.1 Å². The van der Waals surface area contributed by atoms with Crippen molar-refractivity contribution >= 4 is 21.6 Å². The third-order valence-corrected chi connectivity index (χ3v) is 4.65. The third kappa shape index (κ3) is 4.38. The second-order valence-corrected chi connectivity index (χ2v) is 6.70. The Morgan fingerprint density at radius 2 is 1.65 bits per heavy atom. The zero-order valence-electron chi connectivity index (χ0n) is 12.9. The van der Waals surface area contributed by atoms with Gasteiger partial charge in [-0.25, -0.2) is 13.1 Å². The van der Waals surface area contributed by atoms with Crippen molar-refractivity contribution in [1.29, 1.82) is 0 Å². The normalized spacial score (nSPS) is 11.2. The molecule has 0 spiro atoms. The minimum atomic E-state index is -3.48. The number of sulfonamides is 1. The van der Waals surface area contributed by atoms with Crippen LogP contribution in [-0.4, -0.2) is 28.5 Å². The molecular weight excluding hydrogens is 316 g/mol. The predicted octanol–water partition coefficient (Wildman–Crippen LogP) is 1.99. The van der Waals surface area contributed by atoms with E-state index in [1.165, 1.54) is 19.2 Å². The molecule has 23 heavy (non-hydrogen) atoms. The Hall–Kier alpha value is -2.22. The first kappa shape index (κ1) is 17.1. The van der Waals surface area contributed by atoms with E-state index in [1.54, 1.807) is 31.4 Å². The van der Waals surface area contributed by atoms with Gasteiger partial charge >= 0.3 is 0 Å². The summed E-state index contributed by atoms with van der Waals surface area (Å²) in [5, 5.41) is 2.72. The summed E-state index contributed by atoms with van der Waals surface area (Å²) >= 11 is 0. The van der Waals surface area contributed by atoms with E-state index in [0.29, 0.717) is 17.9 Å². The fraction of sp³-hybridized carbons (Fsp3) is 0.188. The number of amides is 1. The second-order valence-electron chi connectivity index (χ2n) is 4.82. The van der Waals surface area contributed by atoms with Crippen LogP contribution in [0.25, 0.3) is 0 Å². The molecule has 0 aromatic heterocycles. The van der Waals surface area contributed by atoms with Gasteiger partial charge < -0.3 is 10.1 Å². The average molecular weight is 334 g/mol. The molecule has 0 aliphatic heterocycles. The lowest BCUT2D eigenvalue weighted by molar-refractivity contribution is 0.102. The molecule has 0 saturated carbocycles. The maximum atomic E-state index is 12.1. The summed E-state index contributed by atoms with van der Waals surface area (Å²) < 4.78 is 30.5. The lowest BCUT2D eigenvalue weighted by atomic mass is 10.1. The number of carbonyl (C=O) groups is 1. The predicted molar refractivity (Wildman–Crippen MR) is 87.8 cm³/mol. The van der Waals surface area contributed by atoms with Crippen LogP contribution in [0, 0.1) is 0 Å². The van der Waals surface area contributed by atoms with Crippen LogP contribution >= 0.6 is 0 Å². The van der Waals surface area contributed by atoms with Crippen molar-refractivity contribution < 1.29 is 17.9 Å². The summed E-state index contributed by atoms with van der Waals surface area (Å²) in [5.41, 5.74) is 2.01. The van der Waals surface area contributed by atoms with Crippen molar-refractivity contribution in [3.8, 4) is 0 Å². The van der Waals surface area contributed by atoms with E-state index in [9.17, 15) is 13.2 Å².